The molecule has 6 nitrogen and oxygen atoms in total. The summed E-state index contributed by atoms with van der Waals surface area (Å²) in [5.41, 5.74) is 2.11. The Balaban J connectivity index is 1.76. The second-order valence-corrected chi connectivity index (χ2v) is 5.16. The Kier molecular flexibility index (Phi) is 3.50. The predicted octanol–water partition coefficient (Wildman–Crippen LogP) is 2.85. The van der Waals surface area contributed by atoms with Crippen LogP contribution in [0.15, 0.2) is 42.5 Å². The van der Waals surface area contributed by atoms with Crippen LogP contribution in [0.25, 0.3) is 0 Å². The Morgan fingerprint density at radius 3 is 2.82 bits per heavy atom. The highest BCUT2D eigenvalue weighted by molar-refractivity contribution is 5.96. The lowest BCUT2D eigenvalue weighted by Gasteiger charge is -2.13. The average Bonchev–Trinajstić information content (AvgIpc) is 2.93. The van der Waals surface area contributed by atoms with Gasteiger partial charge < -0.3 is 10.1 Å². The quantitative estimate of drug-likeness (QED) is 0.698. The molecule has 0 saturated heterocycles. The van der Waals surface area contributed by atoms with Gasteiger partial charge >= 0.3 is 0 Å². The SMILES string of the molecule is Cc1ccc([N+](=O)[O-])cc1NC(=O)C1Cc2ccccc2O1. The Morgan fingerprint density at radius 2 is 2.09 bits per heavy atom. The highest BCUT2D eigenvalue weighted by atomic mass is 16.6. The van der Waals surface area contributed by atoms with Crippen LogP contribution < -0.4 is 10.1 Å². The number of fused-ring (bicyclic) bond motifs is 1. The molecule has 1 aliphatic rings. The molecule has 0 aromatic heterocycles. The van der Waals surface area contributed by atoms with E-state index >= 15 is 0 Å². The fourth-order valence-corrected chi connectivity index (χ4v) is 2.40. The molecule has 0 fully saturated rings. The number of hydrogen-bond acceptors (Lipinski definition) is 4. The van der Waals surface area contributed by atoms with Crippen molar-refractivity contribution in [3.8, 4) is 5.75 Å². The van der Waals surface area contributed by atoms with Crippen molar-refractivity contribution in [3.63, 3.8) is 0 Å². The number of rotatable bonds is 3. The van der Waals surface area contributed by atoms with Crippen LogP contribution in [0, 0.1) is 17.0 Å². The number of carbonyl (C=O) groups is 1. The van der Waals surface area contributed by atoms with E-state index in [1.165, 1.54) is 12.1 Å². The molecule has 1 unspecified atom stereocenters. The molecule has 2 aromatic rings. The first-order chi connectivity index (χ1) is 10.5. The summed E-state index contributed by atoms with van der Waals surface area (Å²) in [5.74, 6) is 0.401. The minimum absolute atomic E-state index is 0.0588. The Bertz CT molecular complexity index is 733. The number of amides is 1. The number of nitro groups is 1. The fraction of sp³-hybridized carbons (Fsp3) is 0.188. The molecule has 112 valence electrons. The molecule has 3 rings (SSSR count). The summed E-state index contributed by atoms with van der Waals surface area (Å²) in [6.07, 6.45) is -0.119. The molecule has 22 heavy (non-hydrogen) atoms. The number of carbonyl (C=O) groups excluding carboxylic acids is 1. The van der Waals surface area contributed by atoms with E-state index in [1.54, 1.807) is 13.0 Å². The second kappa shape index (κ2) is 5.48. The van der Waals surface area contributed by atoms with Crippen LogP contribution in [-0.4, -0.2) is 16.9 Å². The van der Waals surface area contributed by atoms with Gasteiger partial charge in [0.05, 0.1) is 10.6 Å². The lowest BCUT2D eigenvalue weighted by Crippen LogP contribution is -2.31. The number of nitrogens with one attached hydrogen (secondary N) is 1. The molecule has 6 heteroatoms. The number of nitro benzene ring substituents is 1. The molecule has 0 aliphatic carbocycles. The van der Waals surface area contributed by atoms with Gasteiger partial charge in [-0.1, -0.05) is 24.3 Å². The molecule has 0 radical (unpaired) electrons. The van der Waals surface area contributed by atoms with Gasteiger partial charge in [0.2, 0.25) is 0 Å². The second-order valence-electron chi connectivity index (χ2n) is 5.16. The van der Waals surface area contributed by atoms with E-state index < -0.39 is 11.0 Å². The van der Waals surface area contributed by atoms with E-state index in [0.717, 1.165) is 11.1 Å². The van der Waals surface area contributed by atoms with Gasteiger partial charge in [-0.2, -0.15) is 0 Å². The van der Waals surface area contributed by atoms with E-state index in [1.807, 2.05) is 24.3 Å². The van der Waals surface area contributed by atoms with E-state index in [0.29, 0.717) is 17.9 Å². The van der Waals surface area contributed by atoms with E-state index in [-0.39, 0.29) is 11.6 Å². The first-order valence-electron chi connectivity index (χ1n) is 6.85. The third-order valence-corrected chi connectivity index (χ3v) is 3.63. The topological polar surface area (TPSA) is 81.5 Å². The maximum absolute atomic E-state index is 12.3. The number of non-ortho nitro benzene ring substituents is 1. The number of nitrogens with zero attached hydrogens (tertiary/aromatic N) is 1. The molecule has 2 aromatic carbocycles. The molecule has 1 amide bonds. The number of para-hydroxylation sites is 1. The maximum atomic E-state index is 12.3. The van der Waals surface area contributed by atoms with Crippen molar-refractivity contribution in [1.29, 1.82) is 0 Å². The molecule has 0 spiro atoms. The number of ether oxygens (including phenoxy) is 1. The lowest BCUT2D eigenvalue weighted by molar-refractivity contribution is -0.384. The van der Waals surface area contributed by atoms with Gasteiger partial charge in [-0.05, 0) is 24.1 Å². The molecule has 0 bridgehead atoms. The highest BCUT2D eigenvalue weighted by Crippen LogP contribution is 2.29. The molecule has 1 atom stereocenters. The Labute approximate surface area is 126 Å². The van der Waals surface area contributed by atoms with Crippen LogP contribution in [0.3, 0.4) is 0 Å². The zero-order chi connectivity index (χ0) is 15.7. The third kappa shape index (κ3) is 2.63. The summed E-state index contributed by atoms with van der Waals surface area (Å²) in [7, 11) is 0. The Hall–Kier alpha value is -2.89. The predicted molar refractivity (Wildman–Crippen MR) is 81.0 cm³/mol. The van der Waals surface area contributed by atoms with Crippen molar-refractivity contribution in [2.75, 3.05) is 5.32 Å². The van der Waals surface area contributed by atoms with Gasteiger partial charge in [-0.3, -0.25) is 14.9 Å². The summed E-state index contributed by atoms with van der Waals surface area (Å²) in [6.45, 7) is 1.78. The number of hydrogen-bond donors (Lipinski definition) is 1. The maximum Gasteiger partial charge on any atom is 0.271 e. The first-order valence-corrected chi connectivity index (χ1v) is 6.85. The number of aryl methyl sites for hydroxylation is 1. The van der Waals surface area contributed by atoms with Gasteiger partial charge in [0.15, 0.2) is 6.10 Å². The zero-order valence-corrected chi connectivity index (χ0v) is 11.9. The van der Waals surface area contributed by atoms with Crippen LogP contribution in [0.4, 0.5) is 11.4 Å². The summed E-state index contributed by atoms with van der Waals surface area (Å²) < 4.78 is 5.61. The van der Waals surface area contributed by atoms with Crippen LogP contribution in [0.5, 0.6) is 5.75 Å². The van der Waals surface area contributed by atoms with Crippen molar-refractivity contribution < 1.29 is 14.5 Å². The summed E-state index contributed by atoms with van der Waals surface area (Å²) in [4.78, 5) is 22.6. The van der Waals surface area contributed by atoms with Crippen LogP contribution >= 0.6 is 0 Å². The minimum atomic E-state index is -0.615. The number of benzene rings is 2. The summed E-state index contributed by atoms with van der Waals surface area (Å²) >= 11 is 0. The standard InChI is InChI=1S/C16H14N2O4/c1-10-6-7-12(18(20)21)9-13(10)17-16(19)15-8-11-4-2-3-5-14(11)22-15/h2-7,9,15H,8H2,1H3,(H,17,19). The van der Waals surface area contributed by atoms with E-state index in [4.69, 9.17) is 4.74 Å². The fourth-order valence-electron chi connectivity index (χ4n) is 2.40. The van der Waals surface area contributed by atoms with Crippen LogP contribution in [0.2, 0.25) is 0 Å². The molecular formula is C16H14N2O4. The van der Waals surface area contributed by atoms with E-state index in [2.05, 4.69) is 5.32 Å². The van der Waals surface area contributed by atoms with Crippen LogP contribution in [0.1, 0.15) is 11.1 Å². The molecule has 0 saturated carbocycles. The normalized spacial score (nSPS) is 15.8. The Morgan fingerprint density at radius 1 is 1.32 bits per heavy atom. The van der Waals surface area contributed by atoms with Crippen molar-refractivity contribution in [1.82, 2.24) is 0 Å². The highest BCUT2D eigenvalue weighted by Gasteiger charge is 2.29. The molecular weight excluding hydrogens is 284 g/mol. The van der Waals surface area contributed by atoms with Crippen molar-refractivity contribution in [3.05, 3.63) is 63.7 Å². The van der Waals surface area contributed by atoms with Gasteiger partial charge in [0.25, 0.3) is 11.6 Å². The summed E-state index contributed by atoms with van der Waals surface area (Å²) in [5, 5.41) is 13.5. The van der Waals surface area contributed by atoms with Crippen LogP contribution in [-0.2, 0) is 11.2 Å². The van der Waals surface area contributed by atoms with Gasteiger partial charge in [0.1, 0.15) is 5.75 Å². The van der Waals surface area contributed by atoms with Gasteiger partial charge in [-0.25, -0.2) is 0 Å². The zero-order valence-electron chi connectivity index (χ0n) is 11.9. The van der Waals surface area contributed by atoms with Crippen molar-refractivity contribution in [2.45, 2.75) is 19.4 Å². The van der Waals surface area contributed by atoms with E-state index in [9.17, 15) is 14.9 Å². The molecule has 1 aliphatic heterocycles. The largest absolute Gasteiger partial charge is 0.480 e. The monoisotopic (exact) mass is 298 g/mol. The van der Waals surface area contributed by atoms with Gasteiger partial charge in [-0.15, -0.1) is 0 Å². The average molecular weight is 298 g/mol. The van der Waals surface area contributed by atoms with Crippen molar-refractivity contribution in [2.24, 2.45) is 0 Å². The summed E-state index contributed by atoms with van der Waals surface area (Å²) in [6, 6.07) is 11.9. The lowest BCUT2D eigenvalue weighted by atomic mass is 10.1. The smallest absolute Gasteiger partial charge is 0.271 e. The van der Waals surface area contributed by atoms with Crippen molar-refractivity contribution >= 4 is 17.3 Å². The minimum Gasteiger partial charge on any atom is -0.480 e. The molecule has 1 heterocycles. The third-order valence-electron chi connectivity index (χ3n) is 3.63. The first kappa shape index (κ1) is 14.1. The molecule has 1 N–H and O–H groups in total. The number of anilines is 1. The van der Waals surface area contributed by atoms with Gasteiger partial charge in [0, 0.05) is 18.6 Å².